The van der Waals surface area contributed by atoms with E-state index in [4.69, 9.17) is 4.74 Å². The van der Waals surface area contributed by atoms with Crippen LogP contribution in [0.15, 0.2) is 30.3 Å². The maximum atomic E-state index is 12.3. The predicted octanol–water partition coefficient (Wildman–Crippen LogP) is 4.27. The normalized spacial score (nSPS) is 10.8. The van der Waals surface area contributed by atoms with Crippen LogP contribution in [-0.2, 0) is 9.53 Å². The van der Waals surface area contributed by atoms with E-state index in [1.54, 1.807) is 10.7 Å². The zero-order valence-corrected chi connectivity index (χ0v) is 17.4. The van der Waals surface area contributed by atoms with E-state index in [0.29, 0.717) is 16.9 Å². The monoisotopic (exact) mass is 397 g/mol. The van der Waals surface area contributed by atoms with Crippen LogP contribution in [0.5, 0.6) is 0 Å². The number of benzene rings is 1. The Morgan fingerprint density at radius 2 is 1.79 bits per heavy atom. The van der Waals surface area contributed by atoms with E-state index in [1.165, 1.54) is 11.3 Å². The highest BCUT2D eigenvalue weighted by Gasteiger charge is 2.18. The quantitative estimate of drug-likeness (QED) is 0.653. The number of nitrogens with zero attached hydrogens (tertiary/aromatic N) is 2. The number of carbonyl (C=O) groups is 2. The Morgan fingerprint density at radius 1 is 1.11 bits per heavy atom. The molecule has 146 valence electrons. The van der Waals surface area contributed by atoms with Gasteiger partial charge in [0.1, 0.15) is 0 Å². The largest absolute Gasteiger partial charge is 0.452 e. The first kappa shape index (κ1) is 19.8. The number of anilines is 1. The van der Waals surface area contributed by atoms with Crippen LogP contribution in [-0.4, -0.2) is 28.3 Å². The highest BCUT2D eigenvalue weighted by atomic mass is 32.1. The van der Waals surface area contributed by atoms with Crippen LogP contribution in [0.1, 0.15) is 37.1 Å². The summed E-state index contributed by atoms with van der Waals surface area (Å²) in [6.07, 6.45) is 0. The van der Waals surface area contributed by atoms with Crippen LogP contribution in [0, 0.1) is 34.6 Å². The Balaban J connectivity index is 1.68. The number of esters is 1. The zero-order chi connectivity index (χ0) is 20.4. The molecule has 6 nitrogen and oxygen atoms in total. The summed E-state index contributed by atoms with van der Waals surface area (Å²) in [4.78, 5) is 26.4. The van der Waals surface area contributed by atoms with Gasteiger partial charge in [0.15, 0.2) is 6.61 Å². The van der Waals surface area contributed by atoms with Gasteiger partial charge in [-0.05, 0) is 52.8 Å². The number of carbonyl (C=O) groups excluding carboxylic acids is 2. The Morgan fingerprint density at radius 3 is 2.39 bits per heavy atom. The fourth-order valence-corrected chi connectivity index (χ4v) is 3.89. The summed E-state index contributed by atoms with van der Waals surface area (Å²) in [5.74, 6) is -0.881. The third-order valence-electron chi connectivity index (χ3n) is 4.43. The molecule has 0 aliphatic rings. The van der Waals surface area contributed by atoms with Gasteiger partial charge in [-0.25, -0.2) is 9.48 Å². The van der Waals surface area contributed by atoms with Gasteiger partial charge in [0, 0.05) is 9.75 Å². The molecule has 1 aromatic carbocycles. The lowest BCUT2D eigenvalue weighted by molar-refractivity contribution is -0.119. The average molecular weight is 398 g/mol. The van der Waals surface area contributed by atoms with Gasteiger partial charge in [0.2, 0.25) is 0 Å². The van der Waals surface area contributed by atoms with Gasteiger partial charge < -0.3 is 10.1 Å². The highest BCUT2D eigenvalue weighted by molar-refractivity contribution is 7.12. The minimum absolute atomic E-state index is 0.345. The molecule has 2 aromatic heterocycles. The third-order valence-corrected chi connectivity index (χ3v) is 5.40. The third kappa shape index (κ3) is 4.14. The maximum absolute atomic E-state index is 12.3. The molecule has 0 atom stereocenters. The number of hydrogen-bond donors (Lipinski definition) is 1. The average Bonchev–Trinajstić information content (AvgIpc) is 3.13. The molecule has 1 amide bonds. The van der Waals surface area contributed by atoms with Crippen molar-refractivity contribution >= 4 is 28.9 Å². The molecule has 0 aliphatic heterocycles. The van der Waals surface area contributed by atoms with E-state index in [0.717, 1.165) is 26.7 Å². The number of thiophene rings is 1. The van der Waals surface area contributed by atoms with Crippen molar-refractivity contribution in [1.82, 2.24) is 9.78 Å². The van der Waals surface area contributed by atoms with Crippen LogP contribution >= 0.6 is 11.3 Å². The van der Waals surface area contributed by atoms with Gasteiger partial charge in [-0.3, -0.25) is 4.79 Å². The summed E-state index contributed by atoms with van der Waals surface area (Å²) in [5, 5.41) is 7.33. The van der Waals surface area contributed by atoms with E-state index < -0.39 is 11.9 Å². The van der Waals surface area contributed by atoms with Crippen molar-refractivity contribution in [2.75, 3.05) is 11.9 Å². The van der Waals surface area contributed by atoms with Crippen LogP contribution in [0.25, 0.3) is 5.69 Å². The van der Waals surface area contributed by atoms with Crippen molar-refractivity contribution in [3.8, 4) is 5.69 Å². The molecule has 3 aromatic rings. The van der Waals surface area contributed by atoms with E-state index in [-0.39, 0.29) is 6.61 Å². The number of rotatable bonds is 5. The number of nitrogens with one attached hydrogen (secondary N) is 1. The summed E-state index contributed by atoms with van der Waals surface area (Å²) < 4.78 is 6.95. The summed E-state index contributed by atoms with van der Waals surface area (Å²) in [7, 11) is 0. The number of aryl methyl sites for hydroxylation is 4. The van der Waals surface area contributed by atoms with Crippen molar-refractivity contribution in [2.45, 2.75) is 34.6 Å². The van der Waals surface area contributed by atoms with Gasteiger partial charge in [0.25, 0.3) is 5.91 Å². The van der Waals surface area contributed by atoms with Gasteiger partial charge in [-0.15, -0.1) is 11.3 Å². The Labute approximate surface area is 168 Å². The van der Waals surface area contributed by atoms with E-state index in [2.05, 4.69) is 10.4 Å². The van der Waals surface area contributed by atoms with Gasteiger partial charge in [0.05, 0.1) is 28.3 Å². The summed E-state index contributed by atoms with van der Waals surface area (Å²) in [6, 6.07) is 9.76. The zero-order valence-electron chi connectivity index (χ0n) is 16.6. The summed E-state index contributed by atoms with van der Waals surface area (Å²) >= 11 is 1.53. The number of hydrogen-bond acceptors (Lipinski definition) is 5. The van der Waals surface area contributed by atoms with Crippen molar-refractivity contribution < 1.29 is 14.3 Å². The summed E-state index contributed by atoms with van der Waals surface area (Å²) in [6.45, 7) is 9.19. The van der Waals surface area contributed by atoms with Gasteiger partial charge in [-0.1, -0.05) is 17.7 Å². The fraction of sp³-hybridized carbons (Fsp3) is 0.286. The van der Waals surface area contributed by atoms with Gasteiger partial charge >= 0.3 is 5.97 Å². The molecule has 0 unspecified atom stereocenters. The van der Waals surface area contributed by atoms with Crippen LogP contribution in [0.2, 0.25) is 0 Å². The van der Waals surface area contributed by atoms with E-state index in [9.17, 15) is 9.59 Å². The van der Waals surface area contributed by atoms with E-state index in [1.807, 2.05) is 58.9 Å². The second-order valence-electron chi connectivity index (χ2n) is 6.74. The second kappa shape index (κ2) is 7.98. The molecule has 0 spiro atoms. The standard InChI is InChI=1S/C21H23N3O3S/c1-12-6-8-17(9-7-12)24-15(4)20(14(3)23-24)22-19(25)11-27-21(26)18-10-13(2)28-16(18)5/h6-10H,11H2,1-5H3,(H,22,25). The van der Waals surface area contributed by atoms with Crippen molar-refractivity contribution in [1.29, 1.82) is 0 Å². The second-order valence-corrected chi connectivity index (χ2v) is 8.20. The van der Waals surface area contributed by atoms with Crippen LogP contribution in [0.3, 0.4) is 0 Å². The number of aromatic nitrogens is 2. The topological polar surface area (TPSA) is 73.2 Å². The Kier molecular flexibility index (Phi) is 5.65. The minimum Gasteiger partial charge on any atom is -0.452 e. The molecule has 0 bridgehead atoms. The lowest BCUT2D eigenvalue weighted by Gasteiger charge is -2.08. The molecule has 2 heterocycles. The first-order chi connectivity index (χ1) is 13.3. The molecule has 0 saturated carbocycles. The van der Waals surface area contributed by atoms with Gasteiger partial charge in [-0.2, -0.15) is 5.10 Å². The predicted molar refractivity (Wildman–Crippen MR) is 110 cm³/mol. The molecule has 0 saturated heterocycles. The number of amides is 1. The molecule has 3 rings (SSSR count). The molecular weight excluding hydrogens is 374 g/mol. The molecule has 0 fully saturated rings. The Bertz CT molecular complexity index is 1030. The Hall–Kier alpha value is -2.93. The van der Waals surface area contributed by atoms with Crippen molar-refractivity contribution in [3.63, 3.8) is 0 Å². The molecule has 0 aliphatic carbocycles. The smallest absolute Gasteiger partial charge is 0.339 e. The van der Waals surface area contributed by atoms with Crippen LogP contribution in [0.4, 0.5) is 5.69 Å². The van der Waals surface area contributed by atoms with Crippen molar-refractivity contribution in [2.24, 2.45) is 0 Å². The first-order valence-electron chi connectivity index (χ1n) is 8.93. The summed E-state index contributed by atoms with van der Waals surface area (Å²) in [5.41, 5.74) is 4.73. The van der Waals surface area contributed by atoms with Crippen molar-refractivity contribution in [3.05, 3.63) is 62.6 Å². The lowest BCUT2D eigenvalue weighted by atomic mass is 10.2. The molecule has 28 heavy (non-hydrogen) atoms. The first-order valence-corrected chi connectivity index (χ1v) is 9.75. The number of ether oxygens (including phenoxy) is 1. The molecule has 1 N–H and O–H groups in total. The maximum Gasteiger partial charge on any atom is 0.339 e. The minimum atomic E-state index is -0.485. The van der Waals surface area contributed by atoms with Crippen LogP contribution < -0.4 is 5.32 Å². The fourth-order valence-electron chi connectivity index (χ4n) is 2.98. The van der Waals surface area contributed by atoms with E-state index >= 15 is 0 Å². The SMILES string of the molecule is Cc1ccc(-n2nc(C)c(NC(=O)COC(=O)c3cc(C)sc3C)c2C)cc1. The molecule has 0 radical (unpaired) electrons. The molecule has 7 heteroatoms. The highest BCUT2D eigenvalue weighted by Crippen LogP contribution is 2.23. The molecular formula is C21H23N3O3S. The lowest BCUT2D eigenvalue weighted by Crippen LogP contribution is -2.21.